The molecular formula is C26H33N7O. The molecule has 34 heavy (non-hydrogen) atoms. The van der Waals surface area contributed by atoms with Gasteiger partial charge >= 0.3 is 0 Å². The predicted molar refractivity (Wildman–Crippen MR) is 138 cm³/mol. The Balaban J connectivity index is 1.30. The number of aryl methyl sites for hydroxylation is 1. The third-order valence-corrected chi connectivity index (χ3v) is 6.69. The molecule has 2 aromatic heterocycles. The molecule has 0 unspecified atom stereocenters. The van der Waals surface area contributed by atoms with E-state index in [1.54, 1.807) is 13.3 Å². The minimum absolute atomic E-state index is 0.580. The number of methoxy groups -OCH3 is 1. The summed E-state index contributed by atoms with van der Waals surface area (Å²) < 4.78 is 5.60. The van der Waals surface area contributed by atoms with E-state index < -0.39 is 0 Å². The number of rotatable bonds is 6. The van der Waals surface area contributed by atoms with Crippen molar-refractivity contribution < 1.29 is 4.74 Å². The third-order valence-electron chi connectivity index (χ3n) is 6.69. The third kappa shape index (κ3) is 4.85. The van der Waals surface area contributed by atoms with E-state index in [0.717, 1.165) is 56.6 Å². The van der Waals surface area contributed by atoms with E-state index in [1.165, 1.54) is 30.5 Å². The lowest BCUT2D eigenvalue weighted by Crippen LogP contribution is -2.47. The number of piperazine rings is 1. The van der Waals surface area contributed by atoms with Gasteiger partial charge in [-0.15, -0.1) is 0 Å². The van der Waals surface area contributed by atoms with Crippen molar-refractivity contribution in [2.75, 3.05) is 66.4 Å². The lowest BCUT2D eigenvalue weighted by Gasteiger charge is -2.36. The van der Waals surface area contributed by atoms with Gasteiger partial charge in [0.1, 0.15) is 5.82 Å². The van der Waals surface area contributed by atoms with Gasteiger partial charge in [-0.3, -0.25) is 0 Å². The van der Waals surface area contributed by atoms with Crippen LogP contribution in [0.2, 0.25) is 0 Å². The van der Waals surface area contributed by atoms with E-state index in [9.17, 15) is 0 Å². The topological polar surface area (TPSA) is 69.7 Å². The van der Waals surface area contributed by atoms with E-state index in [1.807, 2.05) is 18.3 Å². The second-order valence-corrected chi connectivity index (χ2v) is 8.92. The molecule has 2 aliphatic rings. The summed E-state index contributed by atoms with van der Waals surface area (Å²) in [5, 5.41) is 3.42. The fourth-order valence-electron chi connectivity index (χ4n) is 4.74. The maximum absolute atomic E-state index is 5.60. The SMILES string of the molecule is COc1cnc(Nc2ccc(N3CCCCC3)cc2C)nc1N1CCN(c2ccccn2)CC1. The Morgan fingerprint density at radius 1 is 0.853 bits per heavy atom. The highest BCUT2D eigenvalue weighted by atomic mass is 16.5. The highest BCUT2D eigenvalue weighted by Crippen LogP contribution is 2.30. The molecule has 0 saturated carbocycles. The summed E-state index contributed by atoms with van der Waals surface area (Å²) in [7, 11) is 1.67. The largest absolute Gasteiger partial charge is 0.491 e. The van der Waals surface area contributed by atoms with Crippen molar-refractivity contribution in [3.8, 4) is 5.75 Å². The molecule has 0 aliphatic carbocycles. The number of nitrogens with zero attached hydrogens (tertiary/aromatic N) is 6. The summed E-state index contributed by atoms with van der Waals surface area (Å²) in [4.78, 5) is 20.9. The molecule has 8 heteroatoms. The van der Waals surface area contributed by atoms with Crippen LogP contribution in [0, 0.1) is 6.92 Å². The average molecular weight is 460 g/mol. The zero-order chi connectivity index (χ0) is 23.3. The maximum atomic E-state index is 5.60. The fraction of sp³-hybridized carbons (Fsp3) is 0.423. The molecule has 0 bridgehead atoms. The van der Waals surface area contributed by atoms with E-state index in [4.69, 9.17) is 9.72 Å². The van der Waals surface area contributed by atoms with Gasteiger partial charge in [0.25, 0.3) is 0 Å². The number of piperidine rings is 1. The summed E-state index contributed by atoms with van der Waals surface area (Å²) in [5.41, 5.74) is 3.51. The second-order valence-electron chi connectivity index (χ2n) is 8.92. The molecule has 5 rings (SSSR count). The van der Waals surface area contributed by atoms with Gasteiger partial charge in [0.2, 0.25) is 5.95 Å². The van der Waals surface area contributed by atoms with Gasteiger partial charge in [-0.05, 0) is 62.1 Å². The molecule has 178 valence electrons. The summed E-state index contributed by atoms with van der Waals surface area (Å²) >= 11 is 0. The molecule has 0 amide bonds. The zero-order valence-electron chi connectivity index (χ0n) is 20.1. The van der Waals surface area contributed by atoms with E-state index in [-0.39, 0.29) is 0 Å². The average Bonchev–Trinajstić information content (AvgIpc) is 2.91. The molecule has 1 N–H and O–H groups in total. The van der Waals surface area contributed by atoms with Gasteiger partial charge in [-0.2, -0.15) is 4.98 Å². The summed E-state index contributed by atoms with van der Waals surface area (Å²) in [6.07, 6.45) is 7.49. The van der Waals surface area contributed by atoms with Gasteiger partial charge in [0, 0.05) is 56.8 Å². The predicted octanol–water partition coefficient (Wildman–Crippen LogP) is 4.25. The number of ether oxygens (including phenoxy) is 1. The van der Waals surface area contributed by atoms with Crippen molar-refractivity contribution in [3.05, 3.63) is 54.4 Å². The normalized spacial score (nSPS) is 16.5. The molecule has 0 radical (unpaired) electrons. The van der Waals surface area contributed by atoms with Gasteiger partial charge in [0.15, 0.2) is 11.6 Å². The lowest BCUT2D eigenvalue weighted by atomic mass is 10.1. The van der Waals surface area contributed by atoms with Gasteiger partial charge in [-0.25, -0.2) is 9.97 Å². The molecule has 2 fully saturated rings. The van der Waals surface area contributed by atoms with Crippen LogP contribution < -0.4 is 24.8 Å². The van der Waals surface area contributed by atoms with Crippen LogP contribution in [-0.4, -0.2) is 61.3 Å². The molecule has 8 nitrogen and oxygen atoms in total. The first-order chi connectivity index (χ1) is 16.7. The monoisotopic (exact) mass is 459 g/mol. The van der Waals surface area contributed by atoms with Crippen molar-refractivity contribution in [1.29, 1.82) is 0 Å². The van der Waals surface area contributed by atoms with Crippen LogP contribution in [0.3, 0.4) is 0 Å². The standard InChI is InChI=1S/C26H33N7O/c1-20-18-21(31-12-6-3-7-13-31)9-10-22(20)29-26-28-19-23(34-2)25(30-26)33-16-14-32(15-17-33)24-8-4-5-11-27-24/h4-5,8-11,18-19H,3,6-7,12-17H2,1-2H3,(H,28,29,30). The molecular weight excluding hydrogens is 426 g/mol. The smallest absolute Gasteiger partial charge is 0.229 e. The zero-order valence-corrected chi connectivity index (χ0v) is 20.1. The molecule has 3 aromatic rings. The van der Waals surface area contributed by atoms with Crippen LogP contribution in [0.1, 0.15) is 24.8 Å². The molecule has 1 aromatic carbocycles. The van der Waals surface area contributed by atoms with Crippen LogP contribution in [0.25, 0.3) is 0 Å². The number of nitrogens with one attached hydrogen (secondary N) is 1. The first-order valence-electron chi connectivity index (χ1n) is 12.2. The Bertz CT molecular complexity index is 1090. The Hall–Kier alpha value is -3.55. The van der Waals surface area contributed by atoms with Crippen LogP contribution in [0.5, 0.6) is 5.75 Å². The maximum Gasteiger partial charge on any atom is 0.229 e. The Labute approximate surface area is 201 Å². The number of aromatic nitrogens is 3. The van der Waals surface area contributed by atoms with Crippen LogP contribution in [-0.2, 0) is 0 Å². The number of hydrogen-bond acceptors (Lipinski definition) is 8. The van der Waals surface area contributed by atoms with E-state index in [2.05, 4.69) is 61.2 Å². The van der Waals surface area contributed by atoms with Gasteiger partial charge in [-0.1, -0.05) is 6.07 Å². The lowest BCUT2D eigenvalue weighted by molar-refractivity contribution is 0.409. The van der Waals surface area contributed by atoms with Crippen molar-refractivity contribution in [1.82, 2.24) is 15.0 Å². The van der Waals surface area contributed by atoms with E-state index >= 15 is 0 Å². The summed E-state index contributed by atoms with van der Waals surface area (Å²) in [5.74, 6) is 3.11. The Morgan fingerprint density at radius 2 is 1.65 bits per heavy atom. The minimum atomic E-state index is 0.580. The Kier molecular flexibility index (Phi) is 6.65. The highest BCUT2D eigenvalue weighted by molar-refractivity contribution is 5.66. The van der Waals surface area contributed by atoms with Crippen molar-refractivity contribution in [2.45, 2.75) is 26.2 Å². The van der Waals surface area contributed by atoms with Crippen LogP contribution in [0.15, 0.2) is 48.8 Å². The van der Waals surface area contributed by atoms with Crippen LogP contribution >= 0.6 is 0 Å². The van der Waals surface area contributed by atoms with Crippen molar-refractivity contribution in [3.63, 3.8) is 0 Å². The fourth-order valence-corrected chi connectivity index (χ4v) is 4.74. The molecule has 2 saturated heterocycles. The summed E-state index contributed by atoms with van der Waals surface area (Å²) in [6, 6.07) is 12.6. The second kappa shape index (κ2) is 10.2. The first kappa shape index (κ1) is 22.3. The number of hydrogen-bond donors (Lipinski definition) is 1. The highest BCUT2D eigenvalue weighted by Gasteiger charge is 2.22. The van der Waals surface area contributed by atoms with Crippen LogP contribution in [0.4, 0.5) is 29.0 Å². The number of pyridine rings is 1. The Morgan fingerprint density at radius 3 is 2.35 bits per heavy atom. The van der Waals surface area contributed by atoms with E-state index in [0.29, 0.717) is 11.7 Å². The van der Waals surface area contributed by atoms with Crippen molar-refractivity contribution in [2.24, 2.45) is 0 Å². The number of anilines is 5. The molecule has 0 spiro atoms. The minimum Gasteiger partial charge on any atom is -0.491 e. The van der Waals surface area contributed by atoms with Gasteiger partial charge < -0.3 is 24.8 Å². The molecule has 2 aliphatic heterocycles. The molecule has 0 atom stereocenters. The number of benzene rings is 1. The van der Waals surface area contributed by atoms with Crippen molar-refractivity contribution >= 4 is 29.0 Å². The quantitative estimate of drug-likeness (QED) is 0.587. The molecule has 4 heterocycles. The summed E-state index contributed by atoms with van der Waals surface area (Å²) in [6.45, 7) is 7.86. The van der Waals surface area contributed by atoms with Gasteiger partial charge in [0.05, 0.1) is 13.3 Å². The first-order valence-corrected chi connectivity index (χ1v) is 12.2.